The summed E-state index contributed by atoms with van der Waals surface area (Å²) in [5.74, 6) is 1.41. The van der Waals surface area contributed by atoms with Crippen LogP contribution in [-0.4, -0.2) is 9.97 Å². The van der Waals surface area contributed by atoms with Gasteiger partial charge in [0.15, 0.2) is 0 Å². The molecule has 3 nitrogen and oxygen atoms in total. The summed E-state index contributed by atoms with van der Waals surface area (Å²) in [5.41, 5.74) is 10.5. The molecule has 2 aromatic rings. The number of hydrogen-bond acceptors (Lipinski definition) is 3. The molecule has 0 spiro atoms. The van der Waals surface area contributed by atoms with Crippen molar-refractivity contribution in [1.82, 2.24) is 9.97 Å². The molecule has 0 aliphatic rings. The highest BCUT2D eigenvalue weighted by molar-refractivity contribution is 5.42. The predicted molar refractivity (Wildman–Crippen MR) is 74.5 cm³/mol. The van der Waals surface area contributed by atoms with E-state index in [0.29, 0.717) is 5.82 Å². The zero-order valence-corrected chi connectivity index (χ0v) is 11.2. The molecule has 0 unspecified atom stereocenters. The van der Waals surface area contributed by atoms with Crippen LogP contribution in [0, 0.1) is 13.8 Å². The fourth-order valence-corrected chi connectivity index (χ4v) is 2.04. The second-order valence-electron chi connectivity index (χ2n) is 4.55. The van der Waals surface area contributed by atoms with E-state index >= 15 is 0 Å². The molecule has 1 aromatic heterocycles. The number of nitrogens with two attached hydrogens (primary N) is 1. The Balaban J connectivity index is 2.36. The summed E-state index contributed by atoms with van der Waals surface area (Å²) in [6.45, 7) is 6.17. The molecule has 1 heterocycles. The first-order valence-electron chi connectivity index (χ1n) is 6.28. The van der Waals surface area contributed by atoms with Gasteiger partial charge in [-0.3, -0.25) is 0 Å². The Morgan fingerprint density at radius 2 is 1.83 bits per heavy atom. The molecular formula is C15H19N3. The first kappa shape index (κ1) is 12.6. The second-order valence-corrected chi connectivity index (χ2v) is 4.55. The molecule has 0 amide bonds. The van der Waals surface area contributed by atoms with Crippen molar-refractivity contribution < 1.29 is 0 Å². The van der Waals surface area contributed by atoms with Crippen molar-refractivity contribution in [1.29, 1.82) is 0 Å². The Hall–Kier alpha value is -1.90. The van der Waals surface area contributed by atoms with Crippen LogP contribution in [0.1, 0.15) is 35.1 Å². The Kier molecular flexibility index (Phi) is 3.60. The standard InChI is InChI=1S/C15H19N3/c1-4-13-11(3)15(16)18-14(17-13)9-12-8-6-5-7-10(12)2/h5-8H,4,9H2,1-3H3,(H2,16,17,18). The summed E-state index contributed by atoms with van der Waals surface area (Å²) in [5, 5.41) is 0. The van der Waals surface area contributed by atoms with Crippen LogP contribution in [0.5, 0.6) is 0 Å². The predicted octanol–water partition coefficient (Wildman–Crippen LogP) is 2.83. The quantitative estimate of drug-likeness (QED) is 0.899. The largest absolute Gasteiger partial charge is 0.383 e. The van der Waals surface area contributed by atoms with Gasteiger partial charge < -0.3 is 5.73 Å². The minimum Gasteiger partial charge on any atom is -0.383 e. The molecule has 1 aromatic carbocycles. The molecule has 0 saturated heterocycles. The van der Waals surface area contributed by atoms with Gasteiger partial charge in [-0.1, -0.05) is 31.2 Å². The van der Waals surface area contributed by atoms with E-state index in [1.807, 2.05) is 19.1 Å². The maximum atomic E-state index is 5.94. The molecule has 2 N–H and O–H groups in total. The van der Waals surface area contributed by atoms with Crippen molar-refractivity contribution >= 4 is 5.82 Å². The third-order valence-electron chi connectivity index (χ3n) is 3.28. The van der Waals surface area contributed by atoms with Crippen molar-refractivity contribution in [3.8, 4) is 0 Å². The normalized spacial score (nSPS) is 10.6. The van der Waals surface area contributed by atoms with Gasteiger partial charge in [-0.05, 0) is 31.4 Å². The highest BCUT2D eigenvalue weighted by Gasteiger charge is 2.08. The monoisotopic (exact) mass is 241 g/mol. The number of rotatable bonds is 3. The fraction of sp³-hybridized carbons (Fsp3) is 0.333. The van der Waals surface area contributed by atoms with E-state index in [1.165, 1.54) is 11.1 Å². The molecule has 94 valence electrons. The molecule has 2 rings (SSSR count). The van der Waals surface area contributed by atoms with E-state index in [1.54, 1.807) is 0 Å². The Morgan fingerprint density at radius 1 is 1.11 bits per heavy atom. The molecule has 18 heavy (non-hydrogen) atoms. The van der Waals surface area contributed by atoms with Gasteiger partial charge >= 0.3 is 0 Å². The third kappa shape index (κ3) is 2.50. The Labute approximate surface area is 108 Å². The molecule has 0 aliphatic carbocycles. The average molecular weight is 241 g/mol. The van der Waals surface area contributed by atoms with Gasteiger partial charge in [0.05, 0.1) is 0 Å². The van der Waals surface area contributed by atoms with E-state index in [-0.39, 0.29) is 0 Å². The van der Waals surface area contributed by atoms with Crippen LogP contribution in [0.15, 0.2) is 24.3 Å². The van der Waals surface area contributed by atoms with E-state index in [2.05, 4.69) is 35.9 Å². The minimum atomic E-state index is 0.602. The van der Waals surface area contributed by atoms with Gasteiger partial charge in [0.2, 0.25) is 0 Å². The minimum absolute atomic E-state index is 0.602. The topological polar surface area (TPSA) is 51.8 Å². The van der Waals surface area contributed by atoms with E-state index in [4.69, 9.17) is 5.73 Å². The summed E-state index contributed by atoms with van der Waals surface area (Å²) >= 11 is 0. The summed E-state index contributed by atoms with van der Waals surface area (Å²) in [6.07, 6.45) is 1.63. The SMILES string of the molecule is CCc1nc(Cc2ccccc2C)nc(N)c1C. The average Bonchev–Trinajstić information content (AvgIpc) is 2.36. The van der Waals surface area contributed by atoms with E-state index in [0.717, 1.165) is 29.9 Å². The molecule has 0 radical (unpaired) electrons. The molecule has 3 heteroatoms. The van der Waals surface area contributed by atoms with Gasteiger partial charge in [-0.15, -0.1) is 0 Å². The molecule has 0 saturated carbocycles. The molecule has 0 fully saturated rings. The summed E-state index contributed by atoms with van der Waals surface area (Å²) in [7, 11) is 0. The van der Waals surface area contributed by atoms with Gasteiger partial charge in [-0.25, -0.2) is 9.97 Å². The summed E-state index contributed by atoms with van der Waals surface area (Å²) in [4.78, 5) is 8.98. The van der Waals surface area contributed by atoms with Crippen LogP contribution >= 0.6 is 0 Å². The van der Waals surface area contributed by atoms with E-state index < -0.39 is 0 Å². The number of hydrogen-bond donors (Lipinski definition) is 1. The first-order valence-corrected chi connectivity index (χ1v) is 6.28. The zero-order chi connectivity index (χ0) is 13.1. The maximum absolute atomic E-state index is 5.94. The number of nitrogen functional groups attached to an aromatic ring is 1. The Bertz CT molecular complexity index is 562. The molecular weight excluding hydrogens is 222 g/mol. The van der Waals surface area contributed by atoms with Gasteiger partial charge in [0, 0.05) is 17.7 Å². The van der Waals surface area contributed by atoms with Crippen LogP contribution in [-0.2, 0) is 12.8 Å². The molecule has 0 atom stereocenters. The van der Waals surface area contributed by atoms with Crippen LogP contribution in [0.3, 0.4) is 0 Å². The number of aromatic nitrogens is 2. The lowest BCUT2D eigenvalue weighted by Gasteiger charge is -2.09. The van der Waals surface area contributed by atoms with Crippen molar-refractivity contribution in [2.24, 2.45) is 0 Å². The lowest BCUT2D eigenvalue weighted by molar-refractivity contribution is 0.892. The Morgan fingerprint density at radius 3 is 2.50 bits per heavy atom. The molecule has 0 bridgehead atoms. The van der Waals surface area contributed by atoms with Gasteiger partial charge in [0.25, 0.3) is 0 Å². The molecule has 0 aliphatic heterocycles. The van der Waals surface area contributed by atoms with Gasteiger partial charge in [-0.2, -0.15) is 0 Å². The summed E-state index contributed by atoms with van der Waals surface area (Å²) in [6, 6.07) is 8.30. The second kappa shape index (κ2) is 5.17. The van der Waals surface area contributed by atoms with Crippen molar-refractivity contribution in [3.63, 3.8) is 0 Å². The lowest BCUT2D eigenvalue weighted by Crippen LogP contribution is -2.07. The van der Waals surface area contributed by atoms with Crippen LogP contribution in [0.25, 0.3) is 0 Å². The fourth-order valence-electron chi connectivity index (χ4n) is 2.04. The maximum Gasteiger partial charge on any atom is 0.135 e. The summed E-state index contributed by atoms with van der Waals surface area (Å²) < 4.78 is 0. The number of aryl methyl sites for hydroxylation is 2. The smallest absolute Gasteiger partial charge is 0.135 e. The third-order valence-corrected chi connectivity index (χ3v) is 3.28. The van der Waals surface area contributed by atoms with Crippen LogP contribution in [0.4, 0.5) is 5.82 Å². The zero-order valence-electron chi connectivity index (χ0n) is 11.2. The van der Waals surface area contributed by atoms with Crippen molar-refractivity contribution in [2.75, 3.05) is 5.73 Å². The van der Waals surface area contributed by atoms with Crippen molar-refractivity contribution in [2.45, 2.75) is 33.6 Å². The van der Waals surface area contributed by atoms with Crippen LogP contribution in [0.2, 0.25) is 0 Å². The number of benzene rings is 1. The van der Waals surface area contributed by atoms with Gasteiger partial charge in [0.1, 0.15) is 11.6 Å². The number of nitrogens with zero attached hydrogens (tertiary/aromatic N) is 2. The van der Waals surface area contributed by atoms with Crippen molar-refractivity contribution in [3.05, 3.63) is 52.5 Å². The van der Waals surface area contributed by atoms with E-state index in [9.17, 15) is 0 Å². The highest BCUT2D eigenvalue weighted by Crippen LogP contribution is 2.16. The van der Waals surface area contributed by atoms with Crippen LogP contribution < -0.4 is 5.73 Å². The number of anilines is 1. The highest BCUT2D eigenvalue weighted by atomic mass is 15.0. The lowest BCUT2D eigenvalue weighted by atomic mass is 10.1. The first-order chi connectivity index (χ1) is 8.61.